The predicted octanol–water partition coefficient (Wildman–Crippen LogP) is 3.72. The molecule has 3 rings (SSSR count). The molecule has 0 spiro atoms. The molecule has 0 radical (unpaired) electrons. The van der Waals surface area contributed by atoms with Gasteiger partial charge in [-0.25, -0.2) is 18.7 Å². The number of hydrogen-bond acceptors (Lipinski definition) is 6. The quantitative estimate of drug-likeness (QED) is 0.633. The van der Waals surface area contributed by atoms with Gasteiger partial charge in [-0.3, -0.25) is 4.68 Å². The Morgan fingerprint density at radius 3 is 2.50 bits per heavy atom. The molecule has 7 nitrogen and oxygen atoms in total. The van der Waals surface area contributed by atoms with Crippen LogP contribution in [0.25, 0.3) is 11.3 Å². The summed E-state index contributed by atoms with van der Waals surface area (Å²) in [6, 6.07) is 8.28. The van der Waals surface area contributed by atoms with E-state index in [0.29, 0.717) is 35.8 Å². The van der Waals surface area contributed by atoms with Crippen LogP contribution in [0.2, 0.25) is 0 Å². The highest BCUT2D eigenvalue weighted by Crippen LogP contribution is 2.33. The van der Waals surface area contributed by atoms with Gasteiger partial charge in [0, 0.05) is 24.0 Å². The summed E-state index contributed by atoms with van der Waals surface area (Å²) < 4.78 is 39.0. The minimum absolute atomic E-state index is 0.132. The molecule has 0 atom stereocenters. The molecule has 0 aliphatic rings. The number of nitrogens with zero attached hydrogens (tertiary/aromatic N) is 4. The molecule has 0 bridgehead atoms. The van der Waals surface area contributed by atoms with Crippen LogP contribution in [-0.4, -0.2) is 40.5 Å². The van der Waals surface area contributed by atoms with Crippen LogP contribution >= 0.6 is 0 Å². The number of nitrogens with one attached hydrogen (secondary N) is 1. The number of anilines is 1. The van der Waals surface area contributed by atoms with Gasteiger partial charge in [-0.1, -0.05) is 0 Å². The molecule has 2 aromatic heterocycles. The number of aromatic nitrogens is 4. The van der Waals surface area contributed by atoms with Crippen LogP contribution in [0.3, 0.4) is 0 Å². The van der Waals surface area contributed by atoms with Crippen molar-refractivity contribution < 1.29 is 18.3 Å². The highest BCUT2D eigenvalue weighted by Gasteiger charge is 2.15. The Morgan fingerprint density at radius 1 is 1.07 bits per heavy atom. The fraction of sp³-hybridized carbons (Fsp3) is 0.316. The summed E-state index contributed by atoms with van der Waals surface area (Å²) in [7, 11) is 3.04. The van der Waals surface area contributed by atoms with Crippen molar-refractivity contribution in [1.82, 2.24) is 19.7 Å². The Morgan fingerprint density at radius 2 is 1.86 bits per heavy atom. The number of hydrogen-bond donors (Lipinski definition) is 1. The average molecular weight is 389 g/mol. The Bertz CT molecular complexity index is 946. The van der Waals surface area contributed by atoms with Gasteiger partial charge in [0.1, 0.15) is 5.69 Å². The van der Waals surface area contributed by atoms with Crippen LogP contribution in [0.4, 0.5) is 14.7 Å². The minimum Gasteiger partial charge on any atom is -0.493 e. The van der Waals surface area contributed by atoms with E-state index < -0.39 is 6.43 Å². The van der Waals surface area contributed by atoms with E-state index in [1.54, 1.807) is 29.1 Å². The third kappa shape index (κ3) is 4.36. The standard InChI is InChI=1S/C19H21F2N5O2/c1-12-6-7-23-26(12)9-8-22-19-24-14(11-15(25-19)18(20)21)13-4-5-16(27-2)17(10-13)28-3/h4-7,10-11,18H,8-9H2,1-3H3,(H,22,24,25). The van der Waals surface area contributed by atoms with Crippen molar-refractivity contribution in [2.75, 3.05) is 26.1 Å². The lowest BCUT2D eigenvalue weighted by Gasteiger charge is -2.12. The molecular formula is C19H21F2N5O2. The van der Waals surface area contributed by atoms with Crippen molar-refractivity contribution in [3.63, 3.8) is 0 Å². The van der Waals surface area contributed by atoms with Crippen molar-refractivity contribution in [1.29, 1.82) is 0 Å². The van der Waals surface area contributed by atoms with Crippen molar-refractivity contribution in [2.45, 2.75) is 19.9 Å². The molecule has 28 heavy (non-hydrogen) atoms. The molecule has 3 aromatic rings. The molecule has 0 amide bonds. The second kappa shape index (κ2) is 8.64. The predicted molar refractivity (Wildman–Crippen MR) is 101 cm³/mol. The van der Waals surface area contributed by atoms with Crippen LogP contribution in [-0.2, 0) is 6.54 Å². The van der Waals surface area contributed by atoms with Crippen LogP contribution in [0.5, 0.6) is 11.5 Å². The van der Waals surface area contributed by atoms with Gasteiger partial charge in [0.05, 0.1) is 26.5 Å². The van der Waals surface area contributed by atoms with Crippen LogP contribution < -0.4 is 14.8 Å². The summed E-state index contributed by atoms with van der Waals surface area (Å²) in [6.45, 7) is 2.95. The van der Waals surface area contributed by atoms with Crippen molar-refractivity contribution in [3.8, 4) is 22.8 Å². The van der Waals surface area contributed by atoms with Gasteiger partial charge < -0.3 is 14.8 Å². The fourth-order valence-electron chi connectivity index (χ4n) is 2.71. The van der Waals surface area contributed by atoms with E-state index in [4.69, 9.17) is 9.47 Å². The second-order valence-corrected chi connectivity index (χ2v) is 5.99. The molecule has 0 saturated carbocycles. The summed E-state index contributed by atoms with van der Waals surface area (Å²) in [5, 5.41) is 7.18. The largest absolute Gasteiger partial charge is 0.493 e. The molecular weight excluding hydrogens is 368 g/mol. The summed E-state index contributed by atoms with van der Waals surface area (Å²) in [4.78, 5) is 8.29. The zero-order chi connectivity index (χ0) is 20.1. The van der Waals surface area contributed by atoms with Crippen molar-refractivity contribution in [3.05, 3.63) is 47.9 Å². The van der Waals surface area contributed by atoms with Gasteiger partial charge in [0.15, 0.2) is 11.5 Å². The number of rotatable bonds is 8. The topological polar surface area (TPSA) is 74.1 Å². The summed E-state index contributed by atoms with van der Waals surface area (Å²) in [5.74, 6) is 1.16. The fourth-order valence-corrected chi connectivity index (χ4v) is 2.71. The lowest BCUT2D eigenvalue weighted by Crippen LogP contribution is -2.15. The van der Waals surface area contributed by atoms with Crippen molar-refractivity contribution in [2.24, 2.45) is 0 Å². The zero-order valence-electron chi connectivity index (χ0n) is 15.8. The number of halogens is 2. The minimum atomic E-state index is -2.71. The Kier molecular flexibility index (Phi) is 6.03. The van der Waals surface area contributed by atoms with Gasteiger partial charge in [0.25, 0.3) is 6.43 Å². The second-order valence-electron chi connectivity index (χ2n) is 5.99. The van der Waals surface area contributed by atoms with Gasteiger partial charge in [-0.15, -0.1) is 0 Å². The van der Waals surface area contributed by atoms with E-state index in [0.717, 1.165) is 5.69 Å². The SMILES string of the molecule is COc1ccc(-c2cc(C(F)F)nc(NCCn3nccc3C)n2)cc1OC. The van der Waals surface area contributed by atoms with Gasteiger partial charge in [-0.05, 0) is 37.3 Å². The lowest BCUT2D eigenvalue weighted by molar-refractivity contribution is 0.146. The van der Waals surface area contributed by atoms with E-state index in [9.17, 15) is 8.78 Å². The number of alkyl halides is 2. The molecule has 1 N–H and O–H groups in total. The highest BCUT2D eigenvalue weighted by atomic mass is 19.3. The highest BCUT2D eigenvalue weighted by molar-refractivity contribution is 5.65. The first-order chi connectivity index (χ1) is 13.5. The number of methoxy groups -OCH3 is 2. The molecule has 0 saturated heterocycles. The molecule has 1 aromatic carbocycles. The van der Waals surface area contributed by atoms with Crippen molar-refractivity contribution >= 4 is 5.95 Å². The maximum Gasteiger partial charge on any atom is 0.280 e. The average Bonchev–Trinajstić information content (AvgIpc) is 3.12. The number of benzene rings is 1. The van der Waals surface area contributed by atoms with Crippen LogP contribution in [0.15, 0.2) is 36.5 Å². The first kappa shape index (κ1) is 19.5. The van der Waals surface area contributed by atoms with E-state index in [1.165, 1.54) is 20.3 Å². The molecule has 148 valence electrons. The van der Waals surface area contributed by atoms with Crippen LogP contribution in [0.1, 0.15) is 17.8 Å². The summed E-state index contributed by atoms with van der Waals surface area (Å²) in [6.07, 6.45) is -1.01. The smallest absolute Gasteiger partial charge is 0.280 e. The van der Waals surface area contributed by atoms with Gasteiger partial charge >= 0.3 is 0 Å². The van der Waals surface area contributed by atoms with Gasteiger partial charge in [-0.2, -0.15) is 5.10 Å². The van der Waals surface area contributed by atoms with E-state index in [2.05, 4.69) is 20.4 Å². The Hall–Kier alpha value is -3.23. The van der Waals surface area contributed by atoms with Gasteiger partial charge in [0.2, 0.25) is 5.95 Å². The molecule has 0 fully saturated rings. The molecule has 9 heteroatoms. The maximum absolute atomic E-state index is 13.3. The summed E-state index contributed by atoms with van der Waals surface area (Å²) >= 11 is 0. The normalized spacial score (nSPS) is 10.9. The number of ether oxygens (including phenoxy) is 2. The van der Waals surface area contributed by atoms with E-state index in [-0.39, 0.29) is 11.6 Å². The first-order valence-electron chi connectivity index (χ1n) is 8.63. The monoisotopic (exact) mass is 389 g/mol. The Labute approximate surface area is 161 Å². The molecule has 0 aliphatic carbocycles. The third-order valence-electron chi connectivity index (χ3n) is 4.18. The van der Waals surface area contributed by atoms with E-state index >= 15 is 0 Å². The third-order valence-corrected chi connectivity index (χ3v) is 4.18. The lowest BCUT2D eigenvalue weighted by atomic mass is 10.1. The Balaban J connectivity index is 1.86. The number of aryl methyl sites for hydroxylation is 1. The first-order valence-corrected chi connectivity index (χ1v) is 8.63. The molecule has 2 heterocycles. The molecule has 0 aliphatic heterocycles. The van der Waals surface area contributed by atoms with E-state index in [1.807, 2.05) is 13.0 Å². The molecule has 0 unspecified atom stereocenters. The maximum atomic E-state index is 13.3. The zero-order valence-corrected chi connectivity index (χ0v) is 15.8. The summed E-state index contributed by atoms with van der Waals surface area (Å²) in [5.41, 5.74) is 1.64. The van der Waals surface area contributed by atoms with Crippen LogP contribution in [0, 0.1) is 6.92 Å².